The molecule has 1 atom stereocenters. The van der Waals surface area contributed by atoms with E-state index in [1.165, 1.54) is 12.1 Å². The molecule has 0 radical (unpaired) electrons. The van der Waals surface area contributed by atoms with E-state index in [9.17, 15) is 14.3 Å². The van der Waals surface area contributed by atoms with Crippen LogP contribution in [0.4, 0.5) is 4.39 Å². The third-order valence-corrected chi connectivity index (χ3v) is 2.99. The van der Waals surface area contributed by atoms with Crippen molar-refractivity contribution in [2.45, 2.75) is 18.9 Å². The molecule has 20 heavy (non-hydrogen) atoms. The number of aliphatic hydroxyl groups is 1. The Bertz CT molecular complexity index is 540. The highest BCUT2D eigenvalue weighted by molar-refractivity contribution is 5.76. The van der Waals surface area contributed by atoms with Crippen molar-refractivity contribution in [3.63, 3.8) is 0 Å². The van der Waals surface area contributed by atoms with Crippen LogP contribution in [0.1, 0.15) is 23.6 Å². The summed E-state index contributed by atoms with van der Waals surface area (Å²) in [5.74, 6) is -0.522. The Hall–Kier alpha value is -2.21. The highest BCUT2D eigenvalue weighted by Gasteiger charge is 2.13. The first-order valence-corrected chi connectivity index (χ1v) is 6.32. The summed E-state index contributed by atoms with van der Waals surface area (Å²) in [6.45, 7) is -0.233. The molecule has 0 aliphatic carbocycles. The highest BCUT2D eigenvalue weighted by atomic mass is 19.1. The minimum atomic E-state index is -0.521. The summed E-state index contributed by atoms with van der Waals surface area (Å²) < 4.78 is 12.8. The topological polar surface area (TPSA) is 78.0 Å². The van der Waals surface area contributed by atoms with E-state index >= 15 is 0 Å². The Labute approximate surface area is 115 Å². The van der Waals surface area contributed by atoms with Crippen LogP contribution in [0.15, 0.2) is 36.7 Å². The summed E-state index contributed by atoms with van der Waals surface area (Å²) in [6.07, 6.45) is 4.27. The fraction of sp³-hybridized carbons (Fsp3) is 0.286. The molecule has 0 spiro atoms. The van der Waals surface area contributed by atoms with E-state index < -0.39 is 6.04 Å². The summed E-state index contributed by atoms with van der Waals surface area (Å²) >= 11 is 0. The molecule has 2 aromatic rings. The Morgan fingerprint density at radius 3 is 2.75 bits per heavy atom. The van der Waals surface area contributed by atoms with E-state index in [1.54, 1.807) is 24.5 Å². The molecule has 5 nitrogen and oxygen atoms in total. The standard InChI is InChI=1S/C14H16FN3O2/c15-12-4-2-11(3-5-12)13(9-19)18-14(20)6-1-10-7-16-17-8-10/h2-5,7-8,13,19H,1,6,9H2,(H,16,17)(H,18,20)/t13-/m1/s1. The molecule has 1 aromatic carbocycles. The molecular weight excluding hydrogens is 261 g/mol. The zero-order chi connectivity index (χ0) is 14.4. The zero-order valence-electron chi connectivity index (χ0n) is 10.8. The first-order chi connectivity index (χ1) is 9.69. The molecule has 1 heterocycles. The van der Waals surface area contributed by atoms with Crippen LogP contribution < -0.4 is 5.32 Å². The van der Waals surface area contributed by atoms with Gasteiger partial charge in [-0.3, -0.25) is 9.89 Å². The Morgan fingerprint density at radius 2 is 2.15 bits per heavy atom. The summed E-state index contributed by atoms with van der Waals surface area (Å²) in [7, 11) is 0. The molecular formula is C14H16FN3O2. The average molecular weight is 277 g/mol. The van der Waals surface area contributed by atoms with Crippen molar-refractivity contribution in [2.75, 3.05) is 6.61 Å². The Morgan fingerprint density at radius 1 is 1.40 bits per heavy atom. The SMILES string of the molecule is O=C(CCc1cn[nH]c1)N[C@H](CO)c1ccc(F)cc1. The lowest BCUT2D eigenvalue weighted by Crippen LogP contribution is -2.30. The molecule has 0 saturated heterocycles. The second kappa shape index (κ2) is 6.81. The predicted octanol–water partition coefficient (Wildman–Crippen LogP) is 1.33. The van der Waals surface area contributed by atoms with Gasteiger partial charge in [0, 0.05) is 12.6 Å². The number of rotatable bonds is 6. The minimum absolute atomic E-state index is 0.172. The van der Waals surface area contributed by atoms with E-state index in [4.69, 9.17) is 0 Å². The van der Waals surface area contributed by atoms with Gasteiger partial charge in [0.1, 0.15) is 5.82 Å². The Kier molecular flexibility index (Phi) is 4.84. The number of benzene rings is 1. The van der Waals surface area contributed by atoms with Crippen LogP contribution in [0.5, 0.6) is 0 Å². The van der Waals surface area contributed by atoms with Gasteiger partial charge in [-0.05, 0) is 29.7 Å². The molecule has 3 N–H and O–H groups in total. The molecule has 0 saturated carbocycles. The smallest absolute Gasteiger partial charge is 0.220 e. The van der Waals surface area contributed by atoms with Crippen molar-refractivity contribution < 1.29 is 14.3 Å². The highest BCUT2D eigenvalue weighted by Crippen LogP contribution is 2.13. The normalized spacial score (nSPS) is 12.1. The van der Waals surface area contributed by atoms with Gasteiger partial charge in [-0.15, -0.1) is 0 Å². The number of carbonyl (C=O) groups is 1. The van der Waals surface area contributed by atoms with E-state index in [0.717, 1.165) is 5.56 Å². The van der Waals surface area contributed by atoms with Crippen LogP contribution in [0, 0.1) is 5.82 Å². The number of aliphatic hydroxyl groups excluding tert-OH is 1. The molecule has 0 unspecified atom stereocenters. The van der Waals surface area contributed by atoms with Gasteiger partial charge < -0.3 is 10.4 Å². The van der Waals surface area contributed by atoms with Gasteiger partial charge in [-0.25, -0.2) is 4.39 Å². The van der Waals surface area contributed by atoms with Gasteiger partial charge in [0.15, 0.2) is 0 Å². The number of nitrogens with zero attached hydrogens (tertiary/aromatic N) is 1. The minimum Gasteiger partial charge on any atom is -0.394 e. The number of H-pyrrole nitrogens is 1. The van der Waals surface area contributed by atoms with Crippen molar-refractivity contribution in [1.29, 1.82) is 0 Å². The third kappa shape index (κ3) is 3.89. The third-order valence-electron chi connectivity index (χ3n) is 2.99. The van der Waals surface area contributed by atoms with Gasteiger partial charge in [0.2, 0.25) is 5.91 Å². The molecule has 0 bridgehead atoms. The first-order valence-electron chi connectivity index (χ1n) is 6.32. The molecule has 0 aliphatic heterocycles. The molecule has 1 aromatic heterocycles. The van der Waals surface area contributed by atoms with Crippen LogP contribution in [-0.2, 0) is 11.2 Å². The maximum absolute atomic E-state index is 12.8. The Balaban J connectivity index is 1.89. The lowest BCUT2D eigenvalue weighted by Gasteiger charge is -2.16. The van der Waals surface area contributed by atoms with Gasteiger partial charge in [-0.2, -0.15) is 5.10 Å². The number of hydrogen-bond acceptors (Lipinski definition) is 3. The van der Waals surface area contributed by atoms with Crippen LogP contribution in [0.2, 0.25) is 0 Å². The number of aromatic amines is 1. The summed E-state index contributed by atoms with van der Waals surface area (Å²) in [6, 6.07) is 5.18. The lowest BCUT2D eigenvalue weighted by molar-refractivity contribution is -0.122. The van der Waals surface area contributed by atoms with Crippen LogP contribution >= 0.6 is 0 Å². The van der Waals surface area contributed by atoms with E-state index in [1.807, 2.05) is 0 Å². The quantitative estimate of drug-likeness (QED) is 0.745. The van der Waals surface area contributed by atoms with E-state index in [2.05, 4.69) is 15.5 Å². The van der Waals surface area contributed by atoms with Crippen molar-refractivity contribution in [2.24, 2.45) is 0 Å². The predicted molar refractivity (Wildman–Crippen MR) is 71.3 cm³/mol. The molecule has 0 aliphatic rings. The number of halogens is 1. The average Bonchev–Trinajstić information content (AvgIpc) is 2.97. The van der Waals surface area contributed by atoms with Gasteiger partial charge in [0.05, 0.1) is 18.8 Å². The largest absolute Gasteiger partial charge is 0.394 e. The number of amides is 1. The van der Waals surface area contributed by atoms with Crippen LogP contribution in [-0.4, -0.2) is 27.8 Å². The second-order valence-corrected chi connectivity index (χ2v) is 4.46. The maximum Gasteiger partial charge on any atom is 0.220 e. The summed E-state index contributed by atoms with van der Waals surface area (Å²) in [5.41, 5.74) is 1.62. The summed E-state index contributed by atoms with van der Waals surface area (Å²) in [5, 5.41) is 18.5. The molecule has 0 fully saturated rings. The fourth-order valence-corrected chi connectivity index (χ4v) is 1.87. The van der Waals surface area contributed by atoms with Crippen LogP contribution in [0.3, 0.4) is 0 Å². The number of aryl methyl sites for hydroxylation is 1. The molecule has 6 heteroatoms. The number of nitrogens with one attached hydrogen (secondary N) is 2. The maximum atomic E-state index is 12.8. The van der Waals surface area contributed by atoms with Crippen molar-refractivity contribution in [3.8, 4) is 0 Å². The number of aromatic nitrogens is 2. The number of hydrogen-bond donors (Lipinski definition) is 3. The lowest BCUT2D eigenvalue weighted by atomic mass is 10.1. The monoisotopic (exact) mass is 277 g/mol. The molecule has 106 valence electrons. The van der Waals surface area contributed by atoms with Gasteiger partial charge >= 0.3 is 0 Å². The summed E-state index contributed by atoms with van der Waals surface area (Å²) in [4.78, 5) is 11.8. The van der Waals surface area contributed by atoms with E-state index in [-0.39, 0.29) is 18.3 Å². The number of carbonyl (C=O) groups excluding carboxylic acids is 1. The van der Waals surface area contributed by atoms with Crippen molar-refractivity contribution >= 4 is 5.91 Å². The van der Waals surface area contributed by atoms with E-state index in [0.29, 0.717) is 18.4 Å². The molecule has 2 rings (SSSR count). The first kappa shape index (κ1) is 14.2. The van der Waals surface area contributed by atoms with Crippen LogP contribution in [0.25, 0.3) is 0 Å². The van der Waals surface area contributed by atoms with Crippen molar-refractivity contribution in [1.82, 2.24) is 15.5 Å². The zero-order valence-corrected chi connectivity index (χ0v) is 10.8. The fourth-order valence-electron chi connectivity index (χ4n) is 1.87. The van der Waals surface area contributed by atoms with Gasteiger partial charge in [0.25, 0.3) is 0 Å². The van der Waals surface area contributed by atoms with Crippen molar-refractivity contribution in [3.05, 3.63) is 53.6 Å². The molecule has 1 amide bonds. The second-order valence-electron chi connectivity index (χ2n) is 4.46. The van der Waals surface area contributed by atoms with Gasteiger partial charge in [-0.1, -0.05) is 12.1 Å².